The molecule has 10 heteroatoms. The maximum Gasteiger partial charge on any atom is 0.306 e. The van der Waals surface area contributed by atoms with Gasteiger partial charge in [-0.05, 0) is 122 Å². The van der Waals surface area contributed by atoms with Gasteiger partial charge < -0.3 is 27.9 Å². The van der Waals surface area contributed by atoms with E-state index in [9.17, 15) is 19.0 Å². The zero-order chi connectivity index (χ0) is 68.3. The van der Waals surface area contributed by atoms with Gasteiger partial charge in [-0.1, -0.05) is 332 Å². The Kier molecular flexibility index (Phi) is 69.5. The summed E-state index contributed by atoms with van der Waals surface area (Å²) in [4.78, 5) is 38.1. The number of hydrogen-bond acceptors (Lipinski definition) is 8. The minimum atomic E-state index is -4.66. The highest BCUT2D eigenvalue weighted by atomic mass is 31.2. The van der Waals surface area contributed by atoms with Crippen molar-refractivity contribution in [3.8, 4) is 0 Å². The fraction of sp³-hybridized carbons (Fsp3) is 0.667. The molecule has 0 bridgehead atoms. The molecule has 0 saturated heterocycles. The highest BCUT2D eigenvalue weighted by Gasteiger charge is 2.22. The summed E-state index contributed by atoms with van der Waals surface area (Å²) in [5, 5.41) is 0. The summed E-state index contributed by atoms with van der Waals surface area (Å²) >= 11 is 0. The van der Waals surface area contributed by atoms with Crippen LogP contribution in [0.1, 0.15) is 309 Å². The van der Waals surface area contributed by atoms with Crippen molar-refractivity contribution < 1.29 is 42.1 Å². The van der Waals surface area contributed by atoms with E-state index in [1.165, 1.54) is 135 Å². The topological polar surface area (TPSA) is 111 Å². The van der Waals surface area contributed by atoms with Gasteiger partial charge in [0.2, 0.25) is 0 Å². The third kappa shape index (κ3) is 76.6. The second kappa shape index (κ2) is 72.9. The largest absolute Gasteiger partial charge is 0.756 e. The van der Waals surface area contributed by atoms with Crippen molar-refractivity contribution in [2.45, 2.75) is 315 Å². The van der Waals surface area contributed by atoms with Crippen LogP contribution in [0.5, 0.6) is 0 Å². The average molecular weight is 1330 g/mol. The predicted octanol–water partition coefficient (Wildman–Crippen LogP) is 24.9. The van der Waals surface area contributed by atoms with Gasteiger partial charge in [-0.3, -0.25) is 14.2 Å². The van der Waals surface area contributed by atoms with Crippen molar-refractivity contribution in [1.29, 1.82) is 0 Å². The fourth-order valence-electron chi connectivity index (χ4n) is 10.3. The van der Waals surface area contributed by atoms with Crippen LogP contribution in [0.25, 0.3) is 0 Å². The molecule has 0 aromatic rings. The van der Waals surface area contributed by atoms with Crippen LogP contribution >= 0.6 is 7.82 Å². The quantitative estimate of drug-likeness (QED) is 0.0195. The Morgan fingerprint density at radius 2 is 0.574 bits per heavy atom. The van der Waals surface area contributed by atoms with Crippen LogP contribution in [-0.4, -0.2) is 70.0 Å². The van der Waals surface area contributed by atoms with Crippen molar-refractivity contribution in [3.63, 3.8) is 0 Å². The standard InChI is InChI=1S/C84H142NO8P/c1-6-8-10-12-14-16-18-20-22-24-26-28-30-32-34-36-38-39-40-41-42-43-44-45-47-48-50-52-54-56-58-60-62-64-66-68-70-72-74-76-83(86)90-80-82(81-92-94(88,89)91-79-78-85(3,4)5)93-84(87)77-75-73-71-69-67-65-63-61-59-57-55-53-51-49-46-37-35-33-31-29-27-25-23-21-19-17-15-13-11-9-7-2/h8-11,14-17,20-23,26-29,32-35,46,49,53,55,59,61,82H,6-7,12-13,18-19,24-25,30-31,36-45,47-48,50-52,54,56-58,60,62-81H2,1-5H3/b10-8-,11-9-,16-14-,17-15-,22-20-,23-21-,28-26-,29-27-,34-32-,35-33-,49-46-,55-53-,61-59-. The number of carbonyl (C=O) groups excluding carboxylic acids is 2. The van der Waals surface area contributed by atoms with Gasteiger partial charge in [-0.2, -0.15) is 0 Å². The molecule has 94 heavy (non-hydrogen) atoms. The minimum Gasteiger partial charge on any atom is -0.756 e. The summed E-state index contributed by atoms with van der Waals surface area (Å²) in [6.45, 7) is 4.01. The molecule has 0 amide bonds. The number of phosphoric ester groups is 1. The minimum absolute atomic E-state index is 0.0400. The van der Waals surface area contributed by atoms with Crippen LogP contribution in [0.2, 0.25) is 0 Å². The fourth-order valence-corrected chi connectivity index (χ4v) is 11.0. The first-order valence-corrected chi connectivity index (χ1v) is 39.7. The first-order chi connectivity index (χ1) is 46.0. The lowest BCUT2D eigenvalue weighted by atomic mass is 10.0. The molecule has 0 aromatic carbocycles. The van der Waals surface area contributed by atoms with E-state index in [-0.39, 0.29) is 32.0 Å². The molecule has 9 nitrogen and oxygen atoms in total. The Balaban J connectivity index is 4.03. The van der Waals surface area contributed by atoms with Gasteiger partial charge in [-0.15, -0.1) is 0 Å². The highest BCUT2D eigenvalue weighted by Crippen LogP contribution is 2.38. The van der Waals surface area contributed by atoms with Crippen molar-refractivity contribution in [3.05, 3.63) is 158 Å². The van der Waals surface area contributed by atoms with E-state index < -0.39 is 26.5 Å². The van der Waals surface area contributed by atoms with E-state index in [1.807, 2.05) is 21.1 Å². The molecule has 2 atom stereocenters. The third-order valence-corrected chi connectivity index (χ3v) is 17.0. The van der Waals surface area contributed by atoms with Gasteiger partial charge in [-0.25, -0.2) is 0 Å². The number of ether oxygens (including phenoxy) is 2. The summed E-state index contributed by atoms with van der Waals surface area (Å²) in [6.07, 6.45) is 109. The zero-order valence-corrected chi connectivity index (χ0v) is 62.0. The molecular weight excluding hydrogens is 1180 g/mol. The molecule has 0 radical (unpaired) electrons. The number of quaternary nitrogens is 1. The number of hydrogen-bond donors (Lipinski definition) is 0. The monoisotopic (exact) mass is 1320 g/mol. The van der Waals surface area contributed by atoms with Crippen molar-refractivity contribution in [2.24, 2.45) is 0 Å². The lowest BCUT2D eigenvalue weighted by molar-refractivity contribution is -0.870. The lowest BCUT2D eigenvalue weighted by Crippen LogP contribution is -2.37. The summed E-state index contributed by atoms with van der Waals surface area (Å²) < 4.78 is 34.4. The second-order valence-corrected chi connectivity index (χ2v) is 27.7. The van der Waals surface area contributed by atoms with Gasteiger partial charge in [0.05, 0.1) is 27.7 Å². The number of nitrogens with zero attached hydrogens (tertiary/aromatic N) is 1. The highest BCUT2D eigenvalue weighted by molar-refractivity contribution is 7.45. The number of allylic oxidation sites excluding steroid dienone is 26. The van der Waals surface area contributed by atoms with Gasteiger partial charge >= 0.3 is 11.9 Å². The molecule has 0 aliphatic rings. The molecule has 0 fully saturated rings. The smallest absolute Gasteiger partial charge is 0.306 e. The molecule has 0 rings (SSSR count). The molecule has 0 aliphatic heterocycles. The molecule has 0 aliphatic carbocycles. The number of carbonyl (C=O) groups is 2. The number of unbranched alkanes of at least 4 members (excludes halogenated alkanes) is 29. The number of rotatable bonds is 69. The normalized spacial score (nSPS) is 14.0. The van der Waals surface area contributed by atoms with E-state index in [2.05, 4.69) is 172 Å². The maximum absolute atomic E-state index is 12.9. The van der Waals surface area contributed by atoms with Gasteiger partial charge in [0, 0.05) is 12.8 Å². The first-order valence-electron chi connectivity index (χ1n) is 38.2. The Morgan fingerprint density at radius 3 is 0.851 bits per heavy atom. The first kappa shape index (κ1) is 89.6. The van der Waals surface area contributed by atoms with Gasteiger partial charge in [0.25, 0.3) is 7.82 Å². The summed E-state index contributed by atoms with van der Waals surface area (Å²) in [5.74, 6) is -0.849. The maximum atomic E-state index is 12.9. The molecule has 0 saturated carbocycles. The van der Waals surface area contributed by atoms with E-state index >= 15 is 0 Å². The molecular formula is C84H142NO8P. The van der Waals surface area contributed by atoms with Gasteiger partial charge in [0.15, 0.2) is 6.10 Å². The molecule has 0 N–H and O–H groups in total. The number of esters is 2. The van der Waals surface area contributed by atoms with E-state index in [0.29, 0.717) is 17.4 Å². The van der Waals surface area contributed by atoms with E-state index in [0.717, 1.165) is 141 Å². The zero-order valence-electron chi connectivity index (χ0n) is 61.1. The molecule has 0 spiro atoms. The Hall–Kier alpha value is -4.37. The second-order valence-electron chi connectivity index (χ2n) is 26.3. The van der Waals surface area contributed by atoms with Crippen LogP contribution in [0.4, 0.5) is 0 Å². The third-order valence-electron chi connectivity index (χ3n) is 16.0. The molecule has 2 unspecified atom stereocenters. The van der Waals surface area contributed by atoms with Crippen molar-refractivity contribution in [2.75, 3.05) is 47.5 Å². The van der Waals surface area contributed by atoms with Crippen LogP contribution < -0.4 is 4.89 Å². The number of phosphoric acid groups is 1. The van der Waals surface area contributed by atoms with Crippen LogP contribution in [0.3, 0.4) is 0 Å². The Bertz CT molecular complexity index is 2150. The molecule has 536 valence electrons. The van der Waals surface area contributed by atoms with Gasteiger partial charge in [0.1, 0.15) is 19.8 Å². The lowest BCUT2D eigenvalue weighted by Gasteiger charge is -2.28. The average Bonchev–Trinajstić information content (AvgIpc) is 1.66. The van der Waals surface area contributed by atoms with Crippen molar-refractivity contribution in [1.82, 2.24) is 0 Å². The number of likely N-dealkylation sites (N-methyl/N-ethyl adjacent to an activating group) is 1. The summed E-state index contributed by atoms with van der Waals surface area (Å²) in [5.41, 5.74) is 0. The van der Waals surface area contributed by atoms with Crippen LogP contribution in [-0.2, 0) is 32.7 Å². The van der Waals surface area contributed by atoms with E-state index in [4.69, 9.17) is 18.5 Å². The Morgan fingerprint density at radius 1 is 0.330 bits per heavy atom. The molecule has 0 aromatic heterocycles. The Labute approximate surface area is 579 Å². The van der Waals surface area contributed by atoms with Crippen LogP contribution in [0, 0.1) is 0 Å². The molecule has 0 heterocycles. The van der Waals surface area contributed by atoms with E-state index in [1.54, 1.807) is 0 Å². The summed E-state index contributed by atoms with van der Waals surface area (Å²) in [6, 6.07) is 0. The SMILES string of the molecule is CC/C=C\C/C=C\C/C=C\C/C=C\C/C=C\C/C=C\C/C=C\C/C=C\CCCCCCCCC(=O)OC(COC(=O)CCCCCCCCCCCCCCCCCCCCCCCCC/C=C\C/C=C\C/C=C\C/C=C\C/C=C\CC)COP(=O)([O-])OCC[N+](C)(C)C. The summed E-state index contributed by atoms with van der Waals surface area (Å²) in [7, 11) is 1.15. The van der Waals surface area contributed by atoms with Crippen LogP contribution in [0.15, 0.2) is 158 Å². The predicted molar refractivity (Wildman–Crippen MR) is 406 cm³/mol. The van der Waals surface area contributed by atoms with Crippen molar-refractivity contribution >= 4 is 19.8 Å².